The first-order chi connectivity index (χ1) is 11.3. The number of carbonyl (C=O) groups excluding carboxylic acids is 1. The summed E-state index contributed by atoms with van der Waals surface area (Å²) in [7, 11) is 0. The molecular formula is C21H33O3-. The minimum absolute atomic E-state index is 0.0900. The van der Waals surface area contributed by atoms with Gasteiger partial charge < -0.3 is 15.0 Å². The molecule has 0 saturated heterocycles. The molecule has 24 heavy (non-hydrogen) atoms. The largest absolute Gasteiger partial charge is 0.550 e. The minimum Gasteiger partial charge on any atom is -0.550 e. The molecule has 4 aliphatic rings. The van der Waals surface area contributed by atoms with Gasteiger partial charge in [0.1, 0.15) is 0 Å². The van der Waals surface area contributed by atoms with E-state index >= 15 is 0 Å². The van der Waals surface area contributed by atoms with Crippen molar-refractivity contribution in [2.24, 2.45) is 40.4 Å². The molecule has 0 aliphatic heterocycles. The zero-order valence-corrected chi connectivity index (χ0v) is 15.3. The van der Waals surface area contributed by atoms with Crippen LogP contribution in [-0.2, 0) is 4.79 Å². The highest BCUT2D eigenvalue weighted by atomic mass is 16.4. The van der Waals surface area contributed by atoms with E-state index in [9.17, 15) is 15.0 Å². The van der Waals surface area contributed by atoms with Crippen LogP contribution in [0.5, 0.6) is 0 Å². The van der Waals surface area contributed by atoms with Gasteiger partial charge in [0.25, 0.3) is 0 Å². The molecule has 0 aromatic carbocycles. The maximum atomic E-state index is 11.0. The zero-order chi connectivity index (χ0) is 17.1. The van der Waals surface area contributed by atoms with Crippen molar-refractivity contribution in [1.82, 2.24) is 0 Å². The van der Waals surface area contributed by atoms with Crippen LogP contribution in [0.2, 0.25) is 0 Å². The van der Waals surface area contributed by atoms with Gasteiger partial charge in [0, 0.05) is 5.97 Å². The van der Waals surface area contributed by atoms with Gasteiger partial charge in [0.15, 0.2) is 0 Å². The number of aliphatic hydroxyl groups excluding tert-OH is 1. The number of hydrogen-bond acceptors (Lipinski definition) is 3. The summed E-state index contributed by atoms with van der Waals surface area (Å²) in [5, 5.41) is 21.5. The second-order valence-electron chi connectivity index (χ2n) is 10.0. The van der Waals surface area contributed by atoms with Crippen LogP contribution in [0.15, 0.2) is 0 Å². The Balaban J connectivity index is 1.53. The second kappa shape index (κ2) is 5.72. The average Bonchev–Trinajstić information content (AvgIpc) is 2.83. The lowest BCUT2D eigenvalue weighted by Gasteiger charge is -2.61. The second-order valence-corrected chi connectivity index (χ2v) is 10.0. The molecule has 4 aliphatic carbocycles. The van der Waals surface area contributed by atoms with Crippen LogP contribution in [0.1, 0.15) is 78.1 Å². The first kappa shape index (κ1) is 16.9. The van der Waals surface area contributed by atoms with Crippen molar-refractivity contribution in [2.45, 2.75) is 84.2 Å². The molecule has 4 fully saturated rings. The molecular weight excluding hydrogens is 300 g/mol. The van der Waals surface area contributed by atoms with Gasteiger partial charge in [-0.1, -0.05) is 13.8 Å². The van der Waals surface area contributed by atoms with E-state index in [4.69, 9.17) is 0 Å². The van der Waals surface area contributed by atoms with Gasteiger partial charge >= 0.3 is 0 Å². The molecule has 136 valence electrons. The van der Waals surface area contributed by atoms with Crippen LogP contribution in [0.4, 0.5) is 0 Å². The Morgan fingerprint density at radius 1 is 1.00 bits per heavy atom. The fourth-order valence-corrected chi connectivity index (χ4v) is 7.74. The number of hydrogen-bond donors (Lipinski definition) is 1. The predicted molar refractivity (Wildman–Crippen MR) is 90.8 cm³/mol. The molecule has 3 heteroatoms. The molecule has 0 unspecified atom stereocenters. The van der Waals surface area contributed by atoms with E-state index in [1.165, 1.54) is 38.5 Å². The molecule has 0 aromatic rings. The Labute approximate surface area is 146 Å². The molecule has 0 amide bonds. The normalized spacial score (nSPS) is 53.8. The number of carboxylic acids is 1. The van der Waals surface area contributed by atoms with Crippen LogP contribution >= 0.6 is 0 Å². The lowest BCUT2D eigenvalue weighted by molar-refractivity contribution is -0.307. The fourth-order valence-electron chi connectivity index (χ4n) is 7.74. The SMILES string of the molecule is C[C@]12CC[C@H]3[C@H](CC[C@H]4C[C@H](CC(=O)[O-])CC[C@@]43C)[C@H]1CC[C@@H]2O. The van der Waals surface area contributed by atoms with Crippen molar-refractivity contribution >= 4 is 5.97 Å². The van der Waals surface area contributed by atoms with E-state index in [1.54, 1.807) is 0 Å². The summed E-state index contributed by atoms with van der Waals surface area (Å²) in [6.07, 6.45) is 10.8. The number of rotatable bonds is 2. The van der Waals surface area contributed by atoms with E-state index < -0.39 is 5.97 Å². The third-order valence-corrected chi connectivity index (χ3v) is 9.18. The number of carboxylic acid groups (broad SMARTS) is 1. The topological polar surface area (TPSA) is 60.4 Å². The van der Waals surface area contributed by atoms with E-state index in [1.807, 2.05) is 0 Å². The highest BCUT2D eigenvalue weighted by Crippen LogP contribution is 2.66. The summed E-state index contributed by atoms with van der Waals surface area (Å²) in [6.45, 7) is 4.86. The highest BCUT2D eigenvalue weighted by molar-refractivity contribution is 5.64. The van der Waals surface area contributed by atoms with Crippen LogP contribution in [0.3, 0.4) is 0 Å². The standard InChI is InChI=1S/C21H34O3/c1-20-9-7-13(12-19(23)24)11-14(20)3-4-15-16-5-6-18(22)21(16,2)10-8-17(15)20/h13-18,22H,3-12H2,1-2H3,(H,23,24)/p-1/t13-,14+,15-,16-,17+,18+,20+,21+/m1/s1. The summed E-state index contributed by atoms with van der Waals surface area (Å²) < 4.78 is 0. The number of carbonyl (C=O) groups is 1. The minimum atomic E-state index is -0.870. The maximum Gasteiger partial charge on any atom is 0.0596 e. The smallest absolute Gasteiger partial charge is 0.0596 e. The lowest BCUT2D eigenvalue weighted by Crippen LogP contribution is -2.54. The molecule has 4 rings (SSSR count). The van der Waals surface area contributed by atoms with Gasteiger partial charge in [-0.25, -0.2) is 0 Å². The van der Waals surface area contributed by atoms with E-state index in [0.29, 0.717) is 23.2 Å². The van der Waals surface area contributed by atoms with Crippen molar-refractivity contribution in [3.05, 3.63) is 0 Å². The van der Waals surface area contributed by atoms with Crippen molar-refractivity contribution in [1.29, 1.82) is 0 Å². The summed E-state index contributed by atoms with van der Waals surface area (Å²) in [6, 6.07) is 0. The molecule has 0 bridgehead atoms. The van der Waals surface area contributed by atoms with Crippen molar-refractivity contribution in [3.63, 3.8) is 0 Å². The predicted octanol–water partition coefficient (Wildman–Crippen LogP) is 3.15. The number of fused-ring (bicyclic) bond motifs is 5. The van der Waals surface area contributed by atoms with E-state index in [-0.39, 0.29) is 17.9 Å². The Hall–Kier alpha value is -0.570. The van der Waals surface area contributed by atoms with Gasteiger partial charge in [-0.15, -0.1) is 0 Å². The first-order valence-corrected chi connectivity index (χ1v) is 10.2. The Morgan fingerprint density at radius 2 is 1.71 bits per heavy atom. The monoisotopic (exact) mass is 333 g/mol. The lowest BCUT2D eigenvalue weighted by atomic mass is 9.44. The van der Waals surface area contributed by atoms with Crippen LogP contribution < -0.4 is 5.11 Å². The van der Waals surface area contributed by atoms with E-state index in [0.717, 1.165) is 31.1 Å². The fraction of sp³-hybridized carbons (Fsp3) is 0.952. The van der Waals surface area contributed by atoms with Gasteiger partial charge in [0.05, 0.1) is 6.10 Å². The summed E-state index contributed by atoms with van der Waals surface area (Å²) in [5.74, 6) is 2.47. The molecule has 0 radical (unpaired) electrons. The number of aliphatic hydroxyl groups is 1. The van der Waals surface area contributed by atoms with Gasteiger partial charge in [-0.05, 0) is 105 Å². The van der Waals surface area contributed by atoms with E-state index in [2.05, 4.69) is 13.8 Å². The molecule has 4 saturated carbocycles. The molecule has 0 aromatic heterocycles. The summed E-state index contributed by atoms with van der Waals surface area (Å²) in [4.78, 5) is 11.0. The first-order valence-electron chi connectivity index (χ1n) is 10.2. The third kappa shape index (κ3) is 2.37. The Morgan fingerprint density at radius 3 is 2.46 bits per heavy atom. The zero-order valence-electron chi connectivity index (χ0n) is 15.3. The molecule has 1 N–H and O–H groups in total. The van der Waals surface area contributed by atoms with Gasteiger partial charge in [0.2, 0.25) is 0 Å². The average molecular weight is 333 g/mol. The van der Waals surface area contributed by atoms with Crippen LogP contribution in [0.25, 0.3) is 0 Å². The maximum absolute atomic E-state index is 11.0. The van der Waals surface area contributed by atoms with Crippen molar-refractivity contribution in [2.75, 3.05) is 0 Å². The van der Waals surface area contributed by atoms with Crippen molar-refractivity contribution < 1.29 is 15.0 Å². The Kier molecular flexibility index (Phi) is 4.02. The quantitative estimate of drug-likeness (QED) is 0.844. The molecule has 0 heterocycles. The van der Waals surface area contributed by atoms with Crippen LogP contribution in [-0.4, -0.2) is 17.2 Å². The third-order valence-electron chi connectivity index (χ3n) is 9.18. The number of aliphatic carboxylic acids is 1. The molecule has 0 spiro atoms. The van der Waals surface area contributed by atoms with Crippen LogP contribution in [0, 0.1) is 40.4 Å². The van der Waals surface area contributed by atoms with Crippen molar-refractivity contribution in [3.8, 4) is 0 Å². The molecule has 8 atom stereocenters. The summed E-state index contributed by atoms with van der Waals surface area (Å²) >= 11 is 0. The summed E-state index contributed by atoms with van der Waals surface area (Å²) in [5.41, 5.74) is 0.566. The van der Waals surface area contributed by atoms with Gasteiger partial charge in [-0.2, -0.15) is 0 Å². The molecule has 3 nitrogen and oxygen atoms in total. The Bertz CT molecular complexity index is 517. The van der Waals surface area contributed by atoms with Gasteiger partial charge in [-0.3, -0.25) is 0 Å². The highest BCUT2D eigenvalue weighted by Gasteiger charge is 2.59.